The van der Waals surface area contributed by atoms with Crippen LogP contribution in [0, 0.1) is 13.8 Å². The van der Waals surface area contributed by atoms with Gasteiger partial charge in [-0.3, -0.25) is 4.79 Å². The molecular weight excluding hydrogens is 505 g/mol. The summed E-state index contributed by atoms with van der Waals surface area (Å²) in [5, 5.41) is 0.133. The van der Waals surface area contributed by atoms with Gasteiger partial charge in [-0.05, 0) is 55.2 Å². The summed E-state index contributed by atoms with van der Waals surface area (Å²) in [7, 11) is -1.96. The number of amides is 1. The van der Waals surface area contributed by atoms with Crippen LogP contribution in [-0.4, -0.2) is 37.3 Å². The van der Waals surface area contributed by atoms with E-state index in [1.165, 1.54) is 6.33 Å². The number of anilines is 1. The second-order valence-electron chi connectivity index (χ2n) is 8.79. The molecule has 2 aromatic rings. The molecule has 0 unspecified atom stereocenters. The summed E-state index contributed by atoms with van der Waals surface area (Å²) in [5.74, 6) is -0.356. The summed E-state index contributed by atoms with van der Waals surface area (Å²) in [4.78, 5) is 23.0. The first-order valence-corrected chi connectivity index (χ1v) is 14.1. The lowest BCUT2D eigenvalue weighted by Crippen LogP contribution is -2.43. The van der Waals surface area contributed by atoms with Crippen molar-refractivity contribution in [1.29, 1.82) is 0 Å². The first-order valence-electron chi connectivity index (χ1n) is 9.65. The maximum Gasteiger partial charge on any atom is 0.264 e. The van der Waals surface area contributed by atoms with Crippen LogP contribution in [0.3, 0.4) is 0 Å². The highest BCUT2D eigenvalue weighted by Crippen LogP contribution is 2.36. The Kier molecular flexibility index (Phi) is 8.13. The third-order valence-electron chi connectivity index (χ3n) is 5.53. The largest absolute Gasteiger partial charge is 0.415 e. The van der Waals surface area contributed by atoms with Gasteiger partial charge in [0.05, 0.1) is 6.61 Å². The number of carbonyl (C=O) groups is 1. The predicted octanol–water partition coefficient (Wildman–Crippen LogP) is 6.83. The second-order valence-corrected chi connectivity index (χ2v) is 15.1. The lowest BCUT2D eigenvalue weighted by Gasteiger charge is -2.37. The molecule has 1 aromatic heterocycles. The van der Waals surface area contributed by atoms with E-state index in [1.807, 2.05) is 26.0 Å². The van der Waals surface area contributed by atoms with Crippen LogP contribution < -0.4 is 4.90 Å². The summed E-state index contributed by atoms with van der Waals surface area (Å²) < 4.78 is 7.32. The van der Waals surface area contributed by atoms with E-state index in [0.717, 1.165) is 21.3 Å². The van der Waals surface area contributed by atoms with E-state index in [4.69, 9.17) is 27.6 Å². The zero-order valence-corrected chi connectivity index (χ0v) is 22.5. The SMILES string of the molecule is Cc1cc(N(CCO[Si](C)(C)C(C)(C)C)C(=O)c2c(Cl)ncnc2Cl)cc(C)c1Br. The molecule has 0 saturated heterocycles. The molecule has 164 valence electrons. The number of benzene rings is 1. The number of hydrogen-bond acceptors (Lipinski definition) is 4. The van der Waals surface area contributed by atoms with Crippen molar-refractivity contribution in [3.8, 4) is 0 Å². The quantitative estimate of drug-likeness (QED) is 0.302. The van der Waals surface area contributed by atoms with Crippen LogP contribution >= 0.6 is 39.1 Å². The highest BCUT2D eigenvalue weighted by Gasteiger charge is 2.37. The fourth-order valence-electron chi connectivity index (χ4n) is 2.69. The van der Waals surface area contributed by atoms with E-state index in [0.29, 0.717) is 13.2 Å². The Morgan fingerprint density at radius 3 is 2.10 bits per heavy atom. The minimum atomic E-state index is -1.96. The third-order valence-corrected chi connectivity index (χ3v) is 11.9. The second kappa shape index (κ2) is 9.65. The minimum absolute atomic E-state index is 0.0286. The molecule has 1 heterocycles. The molecule has 0 fully saturated rings. The molecule has 0 bridgehead atoms. The van der Waals surface area contributed by atoms with Gasteiger partial charge in [0.2, 0.25) is 0 Å². The van der Waals surface area contributed by atoms with Gasteiger partial charge in [0.25, 0.3) is 5.91 Å². The molecule has 30 heavy (non-hydrogen) atoms. The Balaban J connectivity index is 2.42. The molecule has 0 atom stereocenters. The van der Waals surface area contributed by atoms with Crippen LogP contribution in [-0.2, 0) is 4.43 Å². The van der Waals surface area contributed by atoms with E-state index < -0.39 is 8.32 Å². The van der Waals surface area contributed by atoms with Gasteiger partial charge in [-0.1, -0.05) is 59.9 Å². The van der Waals surface area contributed by atoms with Gasteiger partial charge in [-0.2, -0.15) is 0 Å². The van der Waals surface area contributed by atoms with Crippen molar-refractivity contribution in [1.82, 2.24) is 9.97 Å². The summed E-state index contributed by atoms with van der Waals surface area (Å²) in [6, 6.07) is 3.90. The molecular formula is C21H28BrCl2N3O2Si. The van der Waals surface area contributed by atoms with Crippen molar-refractivity contribution in [3.05, 3.63) is 49.9 Å². The van der Waals surface area contributed by atoms with Gasteiger partial charge in [0.1, 0.15) is 22.2 Å². The molecule has 0 radical (unpaired) electrons. The predicted molar refractivity (Wildman–Crippen MR) is 130 cm³/mol. The molecule has 9 heteroatoms. The number of hydrogen-bond donors (Lipinski definition) is 0. The number of aromatic nitrogens is 2. The molecule has 0 aliphatic carbocycles. The lowest BCUT2D eigenvalue weighted by molar-refractivity contribution is 0.0981. The highest BCUT2D eigenvalue weighted by atomic mass is 79.9. The van der Waals surface area contributed by atoms with E-state index in [9.17, 15) is 4.79 Å². The average molecular weight is 533 g/mol. The summed E-state index contributed by atoms with van der Waals surface area (Å²) in [5.41, 5.74) is 2.88. The lowest BCUT2D eigenvalue weighted by atomic mass is 10.1. The van der Waals surface area contributed by atoms with Crippen LogP contribution in [0.15, 0.2) is 22.9 Å². The molecule has 0 N–H and O–H groups in total. The standard InChI is InChI=1S/C21H28BrCl2N3O2Si/c1-13-10-15(11-14(2)17(13)22)27(8-9-29-30(6,7)21(3,4)5)20(28)16-18(23)25-12-26-19(16)24/h10-12H,8-9H2,1-7H3. The first-order chi connectivity index (χ1) is 13.8. The van der Waals surface area contributed by atoms with Gasteiger partial charge < -0.3 is 9.33 Å². The van der Waals surface area contributed by atoms with Crippen LogP contribution in [0.1, 0.15) is 42.3 Å². The smallest absolute Gasteiger partial charge is 0.264 e. The molecule has 0 spiro atoms. The maximum absolute atomic E-state index is 13.5. The van der Waals surface area contributed by atoms with E-state index in [1.54, 1.807) is 4.90 Å². The van der Waals surface area contributed by atoms with Gasteiger partial charge in [0.15, 0.2) is 8.32 Å². The topological polar surface area (TPSA) is 55.3 Å². The van der Waals surface area contributed by atoms with Crippen LogP contribution in [0.25, 0.3) is 0 Å². The maximum atomic E-state index is 13.5. The van der Waals surface area contributed by atoms with Crippen molar-refractivity contribution in [2.75, 3.05) is 18.1 Å². The van der Waals surface area contributed by atoms with Gasteiger partial charge in [-0.15, -0.1) is 0 Å². The monoisotopic (exact) mass is 531 g/mol. The summed E-state index contributed by atoms with van der Waals surface area (Å²) >= 11 is 16.0. The third kappa shape index (κ3) is 5.62. The van der Waals surface area contributed by atoms with Crippen molar-refractivity contribution in [2.24, 2.45) is 0 Å². The Morgan fingerprint density at radius 1 is 1.13 bits per heavy atom. The number of carbonyl (C=O) groups excluding carboxylic acids is 1. The van der Waals surface area contributed by atoms with Crippen molar-refractivity contribution in [3.63, 3.8) is 0 Å². The fourth-order valence-corrected chi connectivity index (χ4v) is 4.43. The normalized spacial score (nSPS) is 12.2. The van der Waals surface area contributed by atoms with Crippen molar-refractivity contribution >= 4 is 59.0 Å². The highest BCUT2D eigenvalue weighted by molar-refractivity contribution is 9.10. The molecule has 0 saturated carbocycles. The van der Waals surface area contributed by atoms with E-state index in [-0.39, 0.29) is 26.8 Å². The van der Waals surface area contributed by atoms with Crippen LogP contribution in [0.4, 0.5) is 5.69 Å². The summed E-state index contributed by atoms with van der Waals surface area (Å²) in [6.07, 6.45) is 1.24. The average Bonchev–Trinajstić information content (AvgIpc) is 2.61. The number of halogens is 3. The van der Waals surface area contributed by atoms with Gasteiger partial charge >= 0.3 is 0 Å². The molecule has 0 aliphatic rings. The molecule has 1 amide bonds. The van der Waals surface area contributed by atoms with Crippen molar-refractivity contribution < 1.29 is 9.22 Å². The number of rotatable bonds is 6. The minimum Gasteiger partial charge on any atom is -0.415 e. The number of aryl methyl sites for hydroxylation is 2. The molecule has 1 aromatic carbocycles. The van der Waals surface area contributed by atoms with Crippen molar-refractivity contribution in [2.45, 2.75) is 52.8 Å². The van der Waals surface area contributed by atoms with Gasteiger partial charge in [0, 0.05) is 16.7 Å². The number of nitrogens with zero attached hydrogens (tertiary/aromatic N) is 3. The summed E-state index contributed by atoms with van der Waals surface area (Å²) in [6.45, 7) is 15.7. The molecule has 5 nitrogen and oxygen atoms in total. The van der Waals surface area contributed by atoms with Crippen LogP contribution in [0.5, 0.6) is 0 Å². The Morgan fingerprint density at radius 2 is 1.63 bits per heavy atom. The Bertz CT molecular complexity index is 905. The zero-order chi connectivity index (χ0) is 22.9. The van der Waals surface area contributed by atoms with Crippen LogP contribution in [0.2, 0.25) is 28.4 Å². The Labute approximate surface area is 198 Å². The zero-order valence-electron chi connectivity index (χ0n) is 18.4. The molecule has 0 aliphatic heterocycles. The van der Waals surface area contributed by atoms with Gasteiger partial charge in [-0.25, -0.2) is 9.97 Å². The Hall–Kier alpha value is -0.993. The molecule has 2 rings (SSSR count). The first kappa shape index (κ1) is 25.3. The fraction of sp³-hybridized carbons (Fsp3) is 0.476. The van der Waals surface area contributed by atoms with E-state index >= 15 is 0 Å². The van der Waals surface area contributed by atoms with E-state index in [2.05, 4.69) is 59.8 Å².